The molecule has 0 aliphatic rings. The van der Waals surface area contributed by atoms with Crippen molar-refractivity contribution in [3.63, 3.8) is 0 Å². The van der Waals surface area contributed by atoms with Gasteiger partial charge in [-0.15, -0.1) is 0 Å². The van der Waals surface area contributed by atoms with Crippen LogP contribution in [0.15, 0.2) is 54.9 Å². The number of nitrogens with zero attached hydrogens (tertiary/aromatic N) is 2. The number of benzene rings is 1. The van der Waals surface area contributed by atoms with Gasteiger partial charge in [0, 0.05) is 31.5 Å². The zero-order chi connectivity index (χ0) is 16.7. The largest absolute Gasteiger partial charge is 0.394 e. The first-order valence-electron chi connectivity index (χ1n) is 7.22. The number of carbonyl (C=O) groups is 2. The van der Waals surface area contributed by atoms with Crippen LogP contribution in [0.3, 0.4) is 0 Å². The van der Waals surface area contributed by atoms with E-state index < -0.39 is 18.6 Å². The summed E-state index contributed by atoms with van der Waals surface area (Å²) in [6.45, 7) is -0.0594. The van der Waals surface area contributed by atoms with Crippen molar-refractivity contribution >= 4 is 11.8 Å². The number of rotatable bonds is 6. The van der Waals surface area contributed by atoms with Crippen molar-refractivity contribution in [1.82, 2.24) is 15.2 Å². The number of aromatic nitrogens is 1. The third-order valence-electron chi connectivity index (χ3n) is 3.37. The highest BCUT2D eigenvalue weighted by molar-refractivity contribution is 5.97. The number of hydrogen-bond acceptors (Lipinski definition) is 4. The number of aliphatic hydroxyl groups excluding tert-OH is 1. The van der Waals surface area contributed by atoms with Gasteiger partial charge in [-0.2, -0.15) is 0 Å². The monoisotopic (exact) mass is 313 g/mol. The lowest BCUT2D eigenvalue weighted by Crippen LogP contribution is -2.49. The van der Waals surface area contributed by atoms with Crippen LogP contribution in [0.4, 0.5) is 0 Å². The Morgan fingerprint density at radius 3 is 2.43 bits per heavy atom. The number of carbonyl (C=O) groups excluding carboxylic acids is 2. The van der Waals surface area contributed by atoms with Gasteiger partial charge in [0.15, 0.2) is 0 Å². The second-order valence-electron chi connectivity index (χ2n) is 5.12. The number of amides is 2. The summed E-state index contributed by atoms with van der Waals surface area (Å²) in [5, 5.41) is 12.0. The van der Waals surface area contributed by atoms with Crippen LogP contribution in [-0.4, -0.2) is 46.5 Å². The lowest BCUT2D eigenvalue weighted by Gasteiger charge is -2.23. The summed E-state index contributed by atoms with van der Waals surface area (Å²) in [6.07, 6.45) is 2.98. The molecule has 1 atom stereocenters. The van der Waals surface area contributed by atoms with E-state index in [0.717, 1.165) is 5.56 Å². The van der Waals surface area contributed by atoms with Gasteiger partial charge in [0.2, 0.25) is 5.91 Å². The van der Waals surface area contributed by atoms with E-state index in [1.54, 1.807) is 19.2 Å². The van der Waals surface area contributed by atoms with Gasteiger partial charge in [-0.3, -0.25) is 14.6 Å². The van der Waals surface area contributed by atoms with E-state index in [1.807, 2.05) is 30.3 Å². The van der Waals surface area contributed by atoms with Crippen LogP contribution in [0.25, 0.3) is 0 Å². The molecule has 0 spiro atoms. The normalized spacial score (nSPS) is 11.6. The maximum atomic E-state index is 12.4. The molecule has 23 heavy (non-hydrogen) atoms. The van der Waals surface area contributed by atoms with Gasteiger partial charge in [0.25, 0.3) is 5.91 Å². The molecule has 2 amide bonds. The summed E-state index contributed by atoms with van der Waals surface area (Å²) in [6, 6.07) is 11.6. The molecule has 0 aliphatic heterocycles. The van der Waals surface area contributed by atoms with Crippen molar-refractivity contribution in [1.29, 1.82) is 0 Å². The van der Waals surface area contributed by atoms with Crippen LogP contribution in [0.5, 0.6) is 0 Å². The van der Waals surface area contributed by atoms with Gasteiger partial charge >= 0.3 is 0 Å². The first kappa shape index (κ1) is 16.6. The van der Waals surface area contributed by atoms with Crippen molar-refractivity contribution in [2.75, 3.05) is 13.7 Å². The average Bonchev–Trinajstić information content (AvgIpc) is 2.60. The van der Waals surface area contributed by atoms with Crippen molar-refractivity contribution in [3.05, 3.63) is 66.0 Å². The van der Waals surface area contributed by atoms with Crippen molar-refractivity contribution < 1.29 is 14.7 Å². The molecule has 0 saturated heterocycles. The van der Waals surface area contributed by atoms with E-state index in [9.17, 15) is 14.7 Å². The average molecular weight is 313 g/mol. The van der Waals surface area contributed by atoms with Gasteiger partial charge in [-0.1, -0.05) is 30.3 Å². The predicted molar refractivity (Wildman–Crippen MR) is 85.5 cm³/mol. The molecule has 0 aliphatic carbocycles. The van der Waals surface area contributed by atoms with Crippen molar-refractivity contribution in [2.24, 2.45) is 0 Å². The van der Waals surface area contributed by atoms with Crippen LogP contribution in [0.2, 0.25) is 0 Å². The van der Waals surface area contributed by atoms with E-state index in [4.69, 9.17) is 0 Å². The molecule has 0 bridgehead atoms. The molecular formula is C17H19N3O3. The van der Waals surface area contributed by atoms with Gasteiger partial charge in [-0.05, 0) is 17.7 Å². The lowest BCUT2D eigenvalue weighted by molar-refractivity contribution is -0.133. The summed E-state index contributed by atoms with van der Waals surface area (Å²) in [4.78, 5) is 29.8. The maximum Gasteiger partial charge on any atom is 0.252 e. The van der Waals surface area contributed by atoms with Crippen molar-refractivity contribution in [3.8, 4) is 0 Å². The second-order valence-corrected chi connectivity index (χ2v) is 5.12. The first-order chi connectivity index (χ1) is 11.1. The zero-order valence-corrected chi connectivity index (χ0v) is 12.8. The molecule has 6 nitrogen and oxygen atoms in total. The Bertz CT molecular complexity index is 647. The van der Waals surface area contributed by atoms with Crippen LogP contribution in [0, 0.1) is 0 Å². The third kappa shape index (κ3) is 4.62. The minimum absolute atomic E-state index is 0.348. The zero-order valence-electron chi connectivity index (χ0n) is 12.8. The Labute approximate surface area is 134 Å². The Balaban J connectivity index is 1.99. The van der Waals surface area contributed by atoms with Crippen LogP contribution >= 0.6 is 0 Å². The fraction of sp³-hybridized carbons (Fsp3) is 0.235. The number of hydrogen-bond donors (Lipinski definition) is 2. The molecule has 120 valence electrons. The topological polar surface area (TPSA) is 82.5 Å². The van der Waals surface area contributed by atoms with E-state index in [0.29, 0.717) is 12.1 Å². The van der Waals surface area contributed by atoms with Gasteiger partial charge in [0.05, 0.1) is 6.61 Å². The molecule has 2 aromatic rings. The van der Waals surface area contributed by atoms with E-state index in [-0.39, 0.29) is 5.91 Å². The third-order valence-corrected chi connectivity index (χ3v) is 3.37. The SMILES string of the molecule is CN(Cc1ccccc1)C(=O)C(CO)NC(=O)c1ccncc1. The fourth-order valence-corrected chi connectivity index (χ4v) is 2.13. The second kappa shape index (κ2) is 8.05. The van der Waals surface area contributed by atoms with Gasteiger partial charge in [-0.25, -0.2) is 0 Å². The summed E-state index contributed by atoms with van der Waals surface area (Å²) in [7, 11) is 1.64. The number of aliphatic hydroxyl groups is 1. The minimum atomic E-state index is -0.982. The van der Waals surface area contributed by atoms with E-state index in [1.165, 1.54) is 17.3 Å². The Morgan fingerprint density at radius 2 is 1.83 bits per heavy atom. The van der Waals surface area contributed by atoms with E-state index >= 15 is 0 Å². The molecule has 1 aromatic heterocycles. The minimum Gasteiger partial charge on any atom is -0.394 e. The summed E-state index contributed by atoms with van der Waals surface area (Å²) in [5.41, 5.74) is 1.36. The molecular weight excluding hydrogens is 294 g/mol. The summed E-state index contributed by atoms with van der Waals surface area (Å²) < 4.78 is 0. The van der Waals surface area contributed by atoms with Gasteiger partial charge < -0.3 is 15.3 Å². The highest BCUT2D eigenvalue weighted by atomic mass is 16.3. The van der Waals surface area contributed by atoms with Crippen LogP contribution < -0.4 is 5.32 Å². The molecule has 0 saturated carbocycles. The lowest BCUT2D eigenvalue weighted by atomic mass is 10.2. The van der Waals surface area contributed by atoms with Crippen LogP contribution in [0.1, 0.15) is 15.9 Å². The fourth-order valence-electron chi connectivity index (χ4n) is 2.13. The Morgan fingerprint density at radius 1 is 1.17 bits per heavy atom. The highest BCUT2D eigenvalue weighted by Crippen LogP contribution is 2.05. The molecule has 1 aromatic carbocycles. The predicted octanol–water partition coefficient (Wildman–Crippen LogP) is 0.831. The summed E-state index contributed by atoms with van der Waals surface area (Å²) in [5.74, 6) is -0.772. The van der Waals surface area contributed by atoms with E-state index in [2.05, 4.69) is 10.3 Å². The summed E-state index contributed by atoms with van der Waals surface area (Å²) >= 11 is 0. The molecule has 6 heteroatoms. The molecule has 2 rings (SSSR count). The maximum absolute atomic E-state index is 12.4. The Hall–Kier alpha value is -2.73. The quantitative estimate of drug-likeness (QED) is 0.827. The standard InChI is InChI=1S/C17H19N3O3/c1-20(11-13-5-3-2-4-6-13)17(23)15(12-21)19-16(22)14-7-9-18-10-8-14/h2-10,15,21H,11-12H2,1H3,(H,19,22). The molecule has 0 radical (unpaired) electrons. The molecule has 0 fully saturated rings. The van der Waals surface area contributed by atoms with Crippen molar-refractivity contribution in [2.45, 2.75) is 12.6 Å². The first-order valence-corrected chi connectivity index (χ1v) is 7.22. The number of pyridine rings is 1. The van der Waals surface area contributed by atoms with Gasteiger partial charge in [0.1, 0.15) is 6.04 Å². The van der Waals surface area contributed by atoms with Crippen LogP contribution in [-0.2, 0) is 11.3 Å². The molecule has 2 N–H and O–H groups in total. The molecule has 1 unspecified atom stereocenters. The highest BCUT2D eigenvalue weighted by Gasteiger charge is 2.23. The smallest absolute Gasteiger partial charge is 0.252 e. The number of nitrogens with one attached hydrogen (secondary N) is 1. The number of likely N-dealkylation sites (N-methyl/N-ethyl adjacent to an activating group) is 1. The Kier molecular flexibility index (Phi) is 5.82. The molecule has 1 heterocycles.